The van der Waals surface area contributed by atoms with Crippen molar-refractivity contribution in [2.24, 2.45) is 7.05 Å². The number of nitrogens with zero attached hydrogens (tertiary/aromatic N) is 3. The topological polar surface area (TPSA) is 67.9 Å². The third-order valence-corrected chi connectivity index (χ3v) is 3.93. The molecule has 0 unspecified atom stereocenters. The van der Waals surface area contributed by atoms with Crippen molar-refractivity contribution >= 4 is 16.8 Å². The van der Waals surface area contributed by atoms with Crippen molar-refractivity contribution < 1.29 is 9.53 Å². The van der Waals surface area contributed by atoms with E-state index in [1.54, 1.807) is 16.7 Å². The highest BCUT2D eigenvalue weighted by Gasteiger charge is 2.26. The quantitative estimate of drug-likeness (QED) is 0.724. The number of rotatable bonds is 5. The highest BCUT2D eigenvalue weighted by molar-refractivity contribution is 5.90. The minimum absolute atomic E-state index is 0.162. The molecule has 1 aromatic heterocycles. The van der Waals surface area contributed by atoms with Crippen LogP contribution in [0.2, 0.25) is 0 Å². The Hall–Kier alpha value is -3.13. The van der Waals surface area contributed by atoms with Crippen molar-refractivity contribution in [3.63, 3.8) is 0 Å². The van der Waals surface area contributed by atoms with Crippen LogP contribution in [-0.2, 0) is 11.8 Å². The zero-order valence-electron chi connectivity index (χ0n) is 13.6. The Morgan fingerprint density at radius 3 is 2.62 bits per heavy atom. The molecule has 5 nitrogen and oxygen atoms in total. The zero-order chi connectivity index (χ0) is 17.1. The highest BCUT2D eigenvalue weighted by atomic mass is 16.5. The first-order valence-electron chi connectivity index (χ1n) is 7.63. The molecule has 1 heterocycles. The van der Waals surface area contributed by atoms with Gasteiger partial charge >= 0.3 is 0 Å². The molecular formula is C19H17N3O2. The molecule has 120 valence electrons. The molecule has 0 amide bonds. The second-order valence-corrected chi connectivity index (χ2v) is 5.65. The van der Waals surface area contributed by atoms with Crippen LogP contribution in [0.5, 0.6) is 5.75 Å². The molecule has 0 aliphatic carbocycles. The number of para-hydroxylation sites is 2. The van der Waals surface area contributed by atoms with E-state index in [1.807, 2.05) is 50.4 Å². The minimum atomic E-state index is -0.951. The lowest BCUT2D eigenvalue weighted by Gasteiger charge is -2.10. The summed E-state index contributed by atoms with van der Waals surface area (Å²) in [6, 6.07) is 17.0. The van der Waals surface area contributed by atoms with Gasteiger partial charge in [-0.2, -0.15) is 5.26 Å². The molecule has 5 heteroatoms. The molecule has 0 fully saturated rings. The number of fused-ring (bicyclic) bond motifs is 1. The molecule has 0 saturated heterocycles. The molecule has 0 saturated carbocycles. The summed E-state index contributed by atoms with van der Waals surface area (Å²) in [6.07, 6.45) is 0. The fourth-order valence-electron chi connectivity index (χ4n) is 2.57. The summed E-state index contributed by atoms with van der Waals surface area (Å²) < 4.78 is 7.29. The Morgan fingerprint density at radius 2 is 1.96 bits per heavy atom. The largest absolute Gasteiger partial charge is 0.486 e. The monoisotopic (exact) mass is 319 g/mol. The fourth-order valence-corrected chi connectivity index (χ4v) is 2.57. The van der Waals surface area contributed by atoms with Gasteiger partial charge in [-0.1, -0.05) is 29.8 Å². The second kappa shape index (κ2) is 6.55. The average molecular weight is 319 g/mol. The van der Waals surface area contributed by atoms with Gasteiger partial charge in [-0.15, -0.1) is 0 Å². The molecule has 0 aliphatic rings. The normalized spacial score (nSPS) is 11.9. The number of imidazole rings is 1. The number of benzene rings is 2. The number of hydrogen-bond acceptors (Lipinski definition) is 4. The summed E-state index contributed by atoms with van der Waals surface area (Å²) in [5, 5.41) is 9.45. The third kappa shape index (κ3) is 2.99. The smallest absolute Gasteiger partial charge is 0.194 e. The number of carbonyl (C=O) groups is 1. The van der Waals surface area contributed by atoms with Crippen LogP contribution in [0.1, 0.15) is 17.3 Å². The third-order valence-electron chi connectivity index (χ3n) is 3.93. The van der Waals surface area contributed by atoms with Crippen LogP contribution in [0.3, 0.4) is 0 Å². The zero-order valence-corrected chi connectivity index (χ0v) is 13.6. The minimum Gasteiger partial charge on any atom is -0.486 e. The Bertz CT molecular complexity index is 920. The summed E-state index contributed by atoms with van der Waals surface area (Å²) in [4.78, 5) is 16.9. The van der Waals surface area contributed by atoms with Crippen LogP contribution in [0.25, 0.3) is 11.0 Å². The van der Waals surface area contributed by atoms with E-state index >= 15 is 0 Å². The van der Waals surface area contributed by atoms with E-state index < -0.39 is 5.92 Å². The van der Waals surface area contributed by atoms with Crippen molar-refractivity contribution in [1.29, 1.82) is 5.26 Å². The van der Waals surface area contributed by atoms with Crippen LogP contribution < -0.4 is 4.74 Å². The lowest BCUT2D eigenvalue weighted by Crippen LogP contribution is -2.21. The van der Waals surface area contributed by atoms with E-state index in [4.69, 9.17) is 4.74 Å². The summed E-state index contributed by atoms with van der Waals surface area (Å²) in [5.41, 5.74) is 2.77. The van der Waals surface area contributed by atoms with Crippen molar-refractivity contribution in [1.82, 2.24) is 9.55 Å². The van der Waals surface area contributed by atoms with E-state index in [-0.39, 0.29) is 12.4 Å². The number of nitriles is 1. The van der Waals surface area contributed by atoms with Crippen molar-refractivity contribution in [2.75, 3.05) is 6.61 Å². The van der Waals surface area contributed by atoms with Gasteiger partial charge in [0, 0.05) is 7.05 Å². The first-order valence-corrected chi connectivity index (χ1v) is 7.63. The number of hydrogen-bond donors (Lipinski definition) is 0. The SMILES string of the molecule is Cc1ccc(OCC(=O)[C@@H](C#N)c2nc3ccccc3n2C)cc1. The summed E-state index contributed by atoms with van der Waals surface area (Å²) in [6.45, 7) is 1.82. The molecular weight excluding hydrogens is 302 g/mol. The molecule has 0 bridgehead atoms. The lowest BCUT2D eigenvalue weighted by molar-refractivity contribution is -0.121. The Labute approximate surface area is 140 Å². The van der Waals surface area contributed by atoms with Crippen LogP contribution in [-0.4, -0.2) is 21.9 Å². The van der Waals surface area contributed by atoms with E-state index in [0.29, 0.717) is 11.6 Å². The second-order valence-electron chi connectivity index (χ2n) is 5.65. The Morgan fingerprint density at radius 1 is 1.25 bits per heavy atom. The molecule has 3 rings (SSSR count). The van der Waals surface area contributed by atoms with Gasteiger partial charge in [0.1, 0.15) is 18.2 Å². The molecule has 0 radical (unpaired) electrons. The summed E-state index contributed by atoms with van der Waals surface area (Å²) in [7, 11) is 1.81. The van der Waals surface area contributed by atoms with E-state index in [1.165, 1.54) is 0 Å². The van der Waals surface area contributed by atoms with Gasteiger partial charge in [0.15, 0.2) is 11.7 Å². The number of ether oxygens (including phenoxy) is 1. The number of aromatic nitrogens is 2. The standard InChI is InChI=1S/C19H17N3O2/c1-13-7-9-14(10-8-13)24-12-18(23)15(11-20)19-21-16-5-3-4-6-17(16)22(19)2/h3-10,15H,12H2,1-2H3/t15-/m1/s1. The summed E-state index contributed by atoms with van der Waals surface area (Å²) >= 11 is 0. The van der Waals surface area contributed by atoms with Crippen LogP contribution in [0.4, 0.5) is 0 Å². The van der Waals surface area contributed by atoms with Crippen molar-refractivity contribution in [3.05, 3.63) is 59.9 Å². The summed E-state index contributed by atoms with van der Waals surface area (Å²) in [5.74, 6) is -0.212. The van der Waals surface area contributed by atoms with Crippen LogP contribution in [0.15, 0.2) is 48.5 Å². The maximum atomic E-state index is 12.4. The highest BCUT2D eigenvalue weighted by Crippen LogP contribution is 2.22. The van der Waals surface area contributed by atoms with Gasteiger partial charge in [-0.25, -0.2) is 4.98 Å². The van der Waals surface area contributed by atoms with Crippen LogP contribution >= 0.6 is 0 Å². The molecule has 0 N–H and O–H groups in total. The van der Waals surface area contributed by atoms with Crippen LogP contribution in [0, 0.1) is 18.3 Å². The molecule has 0 aliphatic heterocycles. The predicted molar refractivity (Wildman–Crippen MR) is 90.7 cm³/mol. The van der Waals surface area contributed by atoms with Crippen molar-refractivity contribution in [2.45, 2.75) is 12.8 Å². The van der Waals surface area contributed by atoms with E-state index in [0.717, 1.165) is 16.6 Å². The van der Waals surface area contributed by atoms with E-state index in [9.17, 15) is 10.1 Å². The van der Waals surface area contributed by atoms with Gasteiger partial charge in [0.05, 0.1) is 17.1 Å². The number of carbonyl (C=O) groups excluding carboxylic acids is 1. The Kier molecular flexibility index (Phi) is 4.30. The average Bonchev–Trinajstić information content (AvgIpc) is 2.92. The molecule has 3 aromatic rings. The molecule has 24 heavy (non-hydrogen) atoms. The number of ketones is 1. The molecule has 2 aromatic carbocycles. The van der Waals surface area contributed by atoms with Gasteiger partial charge in [0.25, 0.3) is 0 Å². The van der Waals surface area contributed by atoms with Crippen molar-refractivity contribution in [3.8, 4) is 11.8 Å². The maximum Gasteiger partial charge on any atom is 0.194 e. The van der Waals surface area contributed by atoms with Gasteiger partial charge in [-0.3, -0.25) is 4.79 Å². The van der Waals surface area contributed by atoms with Gasteiger partial charge in [0.2, 0.25) is 0 Å². The number of aryl methyl sites for hydroxylation is 2. The molecule has 0 spiro atoms. The number of Topliss-reactive ketones (excluding diaryl/α,β-unsaturated/α-hetero) is 1. The lowest BCUT2D eigenvalue weighted by atomic mass is 10.1. The van der Waals surface area contributed by atoms with E-state index in [2.05, 4.69) is 11.1 Å². The first-order chi connectivity index (χ1) is 11.6. The van der Waals surface area contributed by atoms with Gasteiger partial charge in [-0.05, 0) is 31.2 Å². The first kappa shape index (κ1) is 15.8. The predicted octanol–water partition coefficient (Wildman–Crippen LogP) is 3.14. The molecule has 1 atom stereocenters. The Balaban J connectivity index is 1.80. The van der Waals surface area contributed by atoms with Gasteiger partial charge < -0.3 is 9.30 Å². The fraction of sp³-hybridized carbons (Fsp3) is 0.211. The maximum absolute atomic E-state index is 12.4.